The van der Waals surface area contributed by atoms with Crippen LogP contribution in [-0.4, -0.2) is 27.8 Å². The molecule has 0 atom stereocenters. The van der Waals surface area contributed by atoms with Crippen molar-refractivity contribution in [3.8, 4) is 33.8 Å². The van der Waals surface area contributed by atoms with Crippen molar-refractivity contribution in [1.29, 1.82) is 0 Å². The Morgan fingerprint density at radius 2 is 1.14 bits per heavy atom. The van der Waals surface area contributed by atoms with Gasteiger partial charge in [0.1, 0.15) is 5.75 Å². The molecule has 184 valence electrons. The zero-order valence-corrected chi connectivity index (χ0v) is 20.9. The second-order valence-electron chi connectivity index (χ2n) is 8.98. The van der Waals surface area contributed by atoms with E-state index in [9.17, 15) is 0 Å². The van der Waals surface area contributed by atoms with Crippen molar-refractivity contribution in [2.24, 2.45) is 0 Å². The van der Waals surface area contributed by atoms with Gasteiger partial charge in [0.2, 0.25) is 0 Å². The summed E-state index contributed by atoms with van der Waals surface area (Å²) >= 11 is 0. The first-order valence-electron chi connectivity index (χ1n) is 12.3. The Morgan fingerprint density at radius 1 is 0.568 bits per heavy atom. The molecule has 4 nitrogen and oxygen atoms in total. The maximum atomic E-state index is 6.43. The molecule has 0 aromatic heterocycles. The Balaban J connectivity index is 1.74. The van der Waals surface area contributed by atoms with E-state index < -0.39 is 0 Å². The third kappa shape index (κ3) is 4.20. The highest BCUT2D eigenvalue weighted by molar-refractivity contribution is 6.12. The molecule has 0 saturated heterocycles. The highest BCUT2D eigenvalue weighted by Crippen LogP contribution is 2.50. The van der Waals surface area contributed by atoms with E-state index in [0.717, 1.165) is 55.3 Å². The van der Waals surface area contributed by atoms with Gasteiger partial charge in [0, 0.05) is 25.3 Å². The molecule has 0 amide bonds. The number of methoxy groups -OCH3 is 2. The van der Waals surface area contributed by atoms with Crippen LogP contribution in [-0.2, 0) is 9.47 Å². The fourth-order valence-electron chi connectivity index (χ4n) is 5.12. The molecule has 0 saturated carbocycles. The molecule has 0 N–H and O–H groups in total. The van der Waals surface area contributed by atoms with Crippen molar-refractivity contribution in [3.63, 3.8) is 0 Å². The van der Waals surface area contributed by atoms with Crippen LogP contribution >= 0.6 is 0 Å². The number of ether oxygens (including phenoxy) is 4. The predicted molar refractivity (Wildman–Crippen MR) is 150 cm³/mol. The lowest BCUT2D eigenvalue weighted by Crippen LogP contribution is -2.05. The van der Waals surface area contributed by atoms with Crippen molar-refractivity contribution in [1.82, 2.24) is 0 Å². The van der Waals surface area contributed by atoms with Gasteiger partial charge in [0.15, 0.2) is 13.6 Å². The van der Waals surface area contributed by atoms with Gasteiger partial charge in [-0.15, -0.1) is 29.0 Å². The van der Waals surface area contributed by atoms with Crippen molar-refractivity contribution in [2.45, 2.75) is 0 Å². The van der Waals surface area contributed by atoms with Gasteiger partial charge >= 0.3 is 0 Å². The molecule has 6 aromatic carbocycles. The highest BCUT2D eigenvalue weighted by Gasteiger charge is 2.20. The fraction of sp³-hybridized carbons (Fsp3) is 0.121. The third-order valence-corrected chi connectivity index (χ3v) is 6.72. The lowest BCUT2D eigenvalue weighted by molar-refractivity contribution is 0.0504. The van der Waals surface area contributed by atoms with E-state index in [2.05, 4.69) is 91.0 Å². The van der Waals surface area contributed by atoms with Crippen LogP contribution in [0.3, 0.4) is 0 Å². The van der Waals surface area contributed by atoms with Gasteiger partial charge in [-0.25, -0.2) is 0 Å². The van der Waals surface area contributed by atoms with E-state index in [0.29, 0.717) is 0 Å². The average molecular weight is 488 g/mol. The summed E-state index contributed by atoms with van der Waals surface area (Å²) in [5.41, 5.74) is 4.04. The minimum absolute atomic E-state index is 0.123. The smallest absolute Gasteiger partial charge is 0.188 e. The molecule has 0 spiro atoms. The normalized spacial score (nSPS) is 11.4. The summed E-state index contributed by atoms with van der Waals surface area (Å²) in [6, 6.07) is 35.9. The Bertz CT molecular complexity index is 1680. The molecule has 37 heavy (non-hydrogen) atoms. The largest absolute Gasteiger partial charge is 0.503 e. The number of fused-ring (bicyclic) bond motifs is 3. The minimum atomic E-state index is 0.123. The molecular formula is C33H27O4-. The molecule has 0 bridgehead atoms. The number of hydrogen-bond donors (Lipinski definition) is 0. The van der Waals surface area contributed by atoms with Crippen LogP contribution in [0.25, 0.3) is 54.6 Å². The first-order chi connectivity index (χ1) is 18.3. The molecule has 0 radical (unpaired) electrons. The van der Waals surface area contributed by atoms with Crippen LogP contribution in [0, 0.1) is 0 Å². The highest BCUT2D eigenvalue weighted by atomic mass is 16.7. The summed E-state index contributed by atoms with van der Waals surface area (Å²) in [7, 11) is 3.27. The van der Waals surface area contributed by atoms with E-state index in [1.54, 1.807) is 14.2 Å². The number of benzene rings is 5. The molecule has 0 unspecified atom stereocenters. The van der Waals surface area contributed by atoms with Gasteiger partial charge in [-0.2, -0.15) is 0 Å². The Morgan fingerprint density at radius 3 is 1.81 bits per heavy atom. The van der Waals surface area contributed by atoms with E-state index in [1.165, 1.54) is 10.8 Å². The second-order valence-corrected chi connectivity index (χ2v) is 8.98. The average Bonchev–Trinajstić information content (AvgIpc) is 3.38. The van der Waals surface area contributed by atoms with Gasteiger partial charge in [-0.3, -0.25) is 0 Å². The van der Waals surface area contributed by atoms with E-state index in [-0.39, 0.29) is 13.6 Å². The molecular weight excluding hydrogens is 460 g/mol. The van der Waals surface area contributed by atoms with Gasteiger partial charge in [-0.1, -0.05) is 95.4 Å². The third-order valence-electron chi connectivity index (χ3n) is 6.72. The first-order valence-corrected chi connectivity index (χ1v) is 12.3. The standard InChI is InChI=1S/C33H27O4/c1-34-20-36-30-16-15-22-9-5-7-13-27(22)31(30)32-28-14-8-6-12-25(28)19-29(33(32)37-21-35-2)26-17-23-10-3-4-11-24(23)18-26/h3-19H,20-21H2,1-2H3/q-1. The topological polar surface area (TPSA) is 36.9 Å². The van der Waals surface area contributed by atoms with Gasteiger partial charge in [-0.05, 0) is 22.2 Å². The van der Waals surface area contributed by atoms with Gasteiger partial charge in [0.25, 0.3) is 0 Å². The lowest BCUT2D eigenvalue weighted by atomic mass is 9.89. The van der Waals surface area contributed by atoms with Crippen LogP contribution < -0.4 is 9.47 Å². The van der Waals surface area contributed by atoms with Crippen LogP contribution in [0.4, 0.5) is 0 Å². The summed E-state index contributed by atoms with van der Waals surface area (Å²) < 4.78 is 23.3. The van der Waals surface area contributed by atoms with Gasteiger partial charge in [0.05, 0.1) is 5.75 Å². The SMILES string of the molecule is COCOc1ccc2ccccc2c1-c1c(OCOC)c(-[c-]2cc3ccccc3c2)cc2ccccc12. The minimum Gasteiger partial charge on any atom is -0.503 e. The maximum Gasteiger partial charge on any atom is 0.188 e. The zero-order valence-electron chi connectivity index (χ0n) is 20.9. The van der Waals surface area contributed by atoms with Crippen LogP contribution in [0.2, 0.25) is 0 Å². The van der Waals surface area contributed by atoms with E-state index >= 15 is 0 Å². The molecule has 0 aliphatic heterocycles. The zero-order chi connectivity index (χ0) is 25.2. The van der Waals surface area contributed by atoms with E-state index in [1.807, 2.05) is 12.1 Å². The summed E-state index contributed by atoms with van der Waals surface area (Å²) in [4.78, 5) is 0. The monoisotopic (exact) mass is 487 g/mol. The Labute approximate surface area is 215 Å². The Kier molecular flexibility index (Phi) is 6.27. The molecule has 0 aliphatic rings. The quantitative estimate of drug-likeness (QED) is 0.160. The first kappa shape index (κ1) is 23.2. The summed E-state index contributed by atoms with van der Waals surface area (Å²) in [5, 5.41) is 6.78. The van der Waals surface area contributed by atoms with Crippen LogP contribution in [0.5, 0.6) is 11.5 Å². The maximum absolute atomic E-state index is 6.43. The molecule has 0 heterocycles. The molecule has 4 heteroatoms. The van der Waals surface area contributed by atoms with E-state index in [4.69, 9.17) is 18.9 Å². The van der Waals surface area contributed by atoms with Crippen molar-refractivity contribution in [3.05, 3.63) is 103 Å². The number of rotatable bonds is 8. The van der Waals surface area contributed by atoms with Crippen molar-refractivity contribution in [2.75, 3.05) is 27.8 Å². The summed E-state index contributed by atoms with van der Waals surface area (Å²) in [5.74, 6) is 1.49. The molecule has 0 fully saturated rings. The Hall–Kier alpha value is -4.25. The van der Waals surface area contributed by atoms with Gasteiger partial charge < -0.3 is 18.9 Å². The van der Waals surface area contributed by atoms with Crippen LogP contribution in [0.15, 0.2) is 103 Å². The van der Waals surface area contributed by atoms with Crippen molar-refractivity contribution >= 4 is 32.3 Å². The number of hydrogen-bond acceptors (Lipinski definition) is 4. The predicted octanol–water partition coefficient (Wildman–Crippen LogP) is 8.16. The molecule has 0 aliphatic carbocycles. The fourth-order valence-corrected chi connectivity index (χ4v) is 5.12. The van der Waals surface area contributed by atoms with Crippen LogP contribution in [0.1, 0.15) is 0 Å². The van der Waals surface area contributed by atoms with Crippen molar-refractivity contribution < 1.29 is 18.9 Å². The second kappa shape index (κ2) is 10.0. The summed E-state index contributed by atoms with van der Waals surface area (Å²) in [6.45, 7) is 0.267. The lowest BCUT2D eigenvalue weighted by Gasteiger charge is -2.25. The molecule has 6 aromatic rings. The molecule has 6 rings (SSSR count). The summed E-state index contributed by atoms with van der Waals surface area (Å²) in [6.07, 6.45) is 0.